The summed E-state index contributed by atoms with van der Waals surface area (Å²) in [5.74, 6) is -1.80. The van der Waals surface area contributed by atoms with Gasteiger partial charge in [0, 0.05) is 24.8 Å². The number of piperidine rings is 1. The molecule has 1 aliphatic rings. The van der Waals surface area contributed by atoms with E-state index in [2.05, 4.69) is 5.32 Å². The van der Waals surface area contributed by atoms with Gasteiger partial charge in [0.05, 0.1) is 0 Å². The molecular weight excluding hydrogens is 250 g/mol. The van der Waals surface area contributed by atoms with Gasteiger partial charge in [-0.1, -0.05) is 0 Å². The minimum Gasteiger partial charge on any atom is -0.374 e. The van der Waals surface area contributed by atoms with Gasteiger partial charge in [-0.3, -0.25) is 4.79 Å². The van der Waals surface area contributed by atoms with E-state index in [9.17, 15) is 13.6 Å². The van der Waals surface area contributed by atoms with Gasteiger partial charge in [-0.05, 0) is 38.3 Å². The van der Waals surface area contributed by atoms with Crippen LogP contribution in [0.4, 0.5) is 14.5 Å². The number of amides is 1. The minimum atomic E-state index is -0.914. The quantitative estimate of drug-likeness (QED) is 0.914. The van der Waals surface area contributed by atoms with E-state index in [4.69, 9.17) is 0 Å². The van der Waals surface area contributed by atoms with Crippen LogP contribution < -0.4 is 5.32 Å². The summed E-state index contributed by atoms with van der Waals surface area (Å²) in [6.07, 6.45) is 3.22. The molecule has 5 heteroatoms. The Kier molecular flexibility index (Phi) is 4.35. The highest BCUT2D eigenvalue weighted by atomic mass is 19.2. The van der Waals surface area contributed by atoms with E-state index in [0.29, 0.717) is 5.69 Å². The van der Waals surface area contributed by atoms with Gasteiger partial charge >= 0.3 is 0 Å². The normalized spacial score (nSPS) is 17.1. The van der Waals surface area contributed by atoms with E-state index in [1.807, 2.05) is 4.90 Å². The molecular formula is C14H18F2N2O. The summed E-state index contributed by atoms with van der Waals surface area (Å²) in [4.78, 5) is 14.0. The van der Waals surface area contributed by atoms with Crippen molar-refractivity contribution in [2.75, 3.05) is 18.4 Å². The number of nitrogens with zero attached hydrogens (tertiary/aromatic N) is 1. The summed E-state index contributed by atoms with van der Waals surface area (Å²) in [5, 5.41) is 2.91. The van der Waals surface area contributed by atoms with Crippen molar-refractivity contribution in [3.63, 3.8) is 0 Å². The van der Waals surface area contributed by atoms with Crippen LogP contribution >= 0.6 is 0 Å². The predicted molar refractivity (Wildman–Crippen MR) is 69.9 cm³/mol. The topological polar surface area (TPSA) is 32.3 Å². The van der Waals surface area contributed by atoms with E-state index in [-0.39, 0.29) is 5.91 Å². The van der Waals surface area contributed by atoms with E-state index in [0.717, 1.165) is 44.5 Å². The summed E-state index contributed by atoms with van der Waals surface area (Å²) in [6.45, 7) is 3.30. The average molecular weight is 268 g/mol. The number of hydrogen-bond donors (Lipinski definition) is 1. The number of likely N-dealkylation sites (tertiary alicyclic amines) is 1. The average Bonchev–Trinajstić information content (AvgIpc) is 2.43. The number of nitrogens with one attached hydrogen (secondary N) is 1. The van der Waals surface area contributed by atoms with Gasteiger partial charge in [-0.2, -0.15) is 0 Å². The molecule has 1 saturated heterocycles. The molecule has 1 unspecified atom stereocenters. The molecule has 1 N–H and O–H groups in total. The molecule has 3 nitrogen and oxygen atoms in total. The van der Waals surface area contributed by atoms with Crippen molar-refractivity contribution in [1.29, 1.82) is 0 Å². The second-order valence-electron chi connectivity index (χ2n) is 4.88. The predicted octanol–water partition coefficient (Wildman–Crippen LogP) is 2.78. The first-order valence-electron chi connectivity index (χ1n) is 6.58. The highest BCUT2D eigenvalue weighted by molar-refractivity contribution is 5.84. The Morgan fingerprint density at radius 3 is 2.53 bits per heavy atom. The Morgan fingerprint density at radius 1 is 1.21 bits per heavy atom. The lowest BCUT2D eigenvalue weighted by Gasteiger charge is -2.29. The first kappa shape index (κ1) is 13.8. The summed E-state index contributed by atoms with van der Waals surface area (Å²) in [6, 6.07) is 3.10. The largest absolute Gasteiger partial charge is 0.374 e. The van der Waals surface area contributed by atoms with Crippen molar-refractivity contribution in [3.8, 4) is 0 Å². The van der Waals surface area contributed by atoms with Gasteiger partial charge < -0.3 is 10.2 Å². The smallest absolute Gasteiger partial charge is 0.244 e. The highest BCUT2D eigenvalue weighted by Gasteiger charge is 2.22. The Bertz CT molecular complexity index is 459. The fourth-order valence-electron chi connectivity index (χ4n) is 2.29. The molecule has 0 radical (unpaired) electrons. The van der Waals surface area contributed by atoms with Crippen molar-refractivity contribution in [2.45, 2.75) is 32.2 Å². The molecule has 0 aliphatic carbocycles. The highest BCUT2D eigenvalue weighted by Crippen LogP contribution is 2.16. The third-order valence-corrected chi connectivity index (χ3v) is 3.34. The van der Waals surface area contributed by atoms with E-state index in [1.165, 1.54) is 6.07 Å². The van der Waals surface area contributed by atoms with E-state index in [1.54, 1.807) is 6.92 Å². The Balaban J connectivity index is 1.97. The summed E-state index contributed by atoms with van der Waals surface area (Å²) >= 11 is 0. The minimum absolute atomic E-state index is 0.00410. The first-order chi connectivity index (χ1) is 9.08. The molecule has 0 saturated carbocycles. The molecule has 0 bridgehead atoms. The third-order valence-electron chi connectivity index (χ3n) is 3.34. The maximum Gasteiger partial charge on any atom is 0.244 e. The van der Waals surface area contributed by atoms with Crippen molar-refractivity contribution in [1.82, 2.24) is 4.90 Å². The lowest BCUT2D eigenvalue weighted by molar-refractivity contribution is -0.132. The molecule has 2 rings (SSSR count). The Hall–Kier alpha value is -1.65. The van der Waals surface area contributed by atoms with Gasteiger partial charge in [0.15, 0.2) is 11.6 Å². The Morgan fingerprint density at radius 2 is 1.89 bits per heavy atom. The number of halogens is 2. The van der Waals surface area contributed by atoms with Crippen molar-refractivity contribution < 1.29 is 13.6 Å². The lowest BCUT2D eigenvalue weighted by Crippen LogP contribution is -2.43. The number of carbonyl (C=O) groups is 1. The van der Waals surface area contributed by atoms with Crippen LogP contribution in [0.3, 0.4) is 0 Å². The van der Waals surface area contributed by atoms with Gasteiger partial charge in [0.2, 0.25) is 5.91 Å². The van der Waals surface area contributed by atoms with Crippen LogP contribution in [0, 0.1) is 11.6 Å². The molecule has 1 fully saturated rings. The molecule has 1 heterocycles. The van der Waals surface area contributed by atoms with Crippen molar-refractivity contribution in [2.24, 2.45) is 0 Å². The zero-order chi connectivity index (χ0) is 13.8. The number of benzene rings is 1. The number of anilines is 1. The van der Waals surface area contributed by atoms with Gasteiger partial charge in [0.25, 0.3) is 0 Å². The first-order valence-corrected chi connectivity index (χ1v) is 6.58. The maximum atomic E-state index is 13.1. The van der Waals surface area contributed by atoms with Crippen LogP contribution in [0.5, 0.6) is 0 Å². The molecule has 19 heavy (non-hydrogen) atoms. The SMILES string of the molecule is CC(Nc1ccc(F)c(F)c1)C(=O)N1CCCCC1. The fourth-order valence-corrected chi connectivity index (χ4v) is 2.29. The molecule has 1 amide bonds. The molecule has 1 aromatic rings. The van der Waals surface area contributed by atoms with E-state index >= 15 is 0 Å². The second-order valence-corrected chi connectivity index (χ2v) is 4.88. The molecule has 0 aromatic heterocycles. The summed E-state index contributed by atoms with van der Waals surface area (Å²) in [5.41, 5.74) is 0.414. The van der Waals surface area contributed by atoms with Crippen LogP contribution in [0.15, 0.2) is 18.2 Å². The lowest BCUT2D eigenvalue weighted by atomic mass is 10.1. The second kappa shape index (κ2) is 5.99. The van der Waals surface area contributed by atoms with Crippen LogP contribution in [0.25, 0.3) is 0 Å². The van der Waals surface area contributed by atoms with Crippen molar-refractivity contribution in [3.05, 3.63) is 29.8 Å². The molecule has 1 aromatic carbocycles. The van der Waals surface area contributed by atoms with Gasteiger partial charge in [-0.25, -0.2) is 8.78 Å². The third kappa shape index (κ3) is 3.43. The molecule has 104 valence electrons. The molecule has 0 spiro atoms. The zero-order valence-corrected chi connectivity index (χ0v) is 11.0. The fraction of sp³-hybridized carbons (Fsp3) is 0.500. The van der Waals surface area contributed by atoms with Gasteiger partial charge in [-0.15, -0.1) is 0 Å². The maximum absolute atomic E-state index is 13.1. The standard InChI is InChI=1S/C14H18F2N2O/c1-10(14(19)18-7-3-2-4-8-18)17-11-5-6-12(15)13(16)9-11/h5-6,9-10,17H,2-4,7-8H2,1H3. The molecule has 1 atom stereocenters. The van der Waals surface area contributed by atoms with Gasteiger partial charge in [0.1, 0.15) is 6.04 Å². The van der Waals surface area contributed by atoms with Crippen molar-refractivity contribution >= 4 is 11.6 Å². The number of hydrogen-bond acceptors (Lipinski definition) is 2. The van der Waals surface area contributed by atoms with Crippen LogP contribution in [0.2, 0.25) is 0 Å². The van der Waals surface area contributed by atoms with Crippen LogP contribution in [0.1, 0.15) is 26.2 Å². The number of rotatable bonds is 3. The molecule has 1 aliphatic heterocycles. The Labute approximate surface area is 111 Å². The zero-order valence-electron chi connectivity index (χ0n) is 11.0. The van der Waals surface area contributed by atoms with E-state index < -0.39 is 17.7 Å². The summed E-state index contributed by atoms with van der Waals surface area (Å²) < 4.78 is 25.9. The van der Waals surface area contributed by atoms with Crippen LogP contribution in [-0.2, 0) is 4.79 Å². The monoisotopic (exact) mass is 268 g/mol. The van der Waals surface area contributed by atoms with Crippen LogP contribution in [-0.4, -0.2) is 29.9 Å². The summed E-state index contributed by atoms with van der Waals surface area (Å²) in [7, 11) is 0. The number of carbonyl (C=O) groups excluding carboxylic acids is 1.